The SMILES string of the molecule is CCCC(=O)CC(C)Cc1cccc(OCC)c1O. The van der Waals surface area contributed by atoms with E-state index in [-0.39, 0.29) is 11.7 Å². The van der Waals surface area contributed by atoms with Gasteiger partial charge in [-0.1, -0.05) is 26.0 Å². The van der Waals surface area contributed by atoms with Crippen LogP contribution in [0.15, 0.2) is 18.2 Å². The van der Waals surface area contributed by atoms with Crippen molar-refractivity contribution in [2.45, 2.75) is 46.5 Å². The lowest BCUT2D eigenvalue weighted by molar-refractivity contribution is -0.119. The van der Waals surface area contributed by atoms with Gasteiger partial charge < -0.3 is 9.84 Å². The number of rotatable bonds is 8. The van der Waals surface area contributed by atoms with Gasteiger partial charge in [-0.15, -0.1) is 0 Å². The van der Waals surface area contributed by atoms with Gasteiger partial charge in [0.25, 0.3) is 0 Å². The monoisotopic (exact) mass is 264 g/mol. The number of ketones is 1. The molecule has 0 saturated heterocycles. The summed E-state index contributed by atoms with van der Waals surface area (Å²) in [7, 11) is 0. The van der Waals surface area contributed by atoms with Crippen molar-refractivity contribution in [2.24, 2.45) is 5.92 Å². The minimum absolute atomic E-state index is 0.208. The molecule has 3 nitrogen and oxygen atoms in total. The lowest BCUT2D eigenvalue weighted by atomic mass is 9.94. The molecule has 0 spiro atoms. The second kappa shape index (κ2) is 7.82. The van der Waals surface area contributed by atoms with Crippen molar-refractivity contribution < 1.29 is 14.6 Å². The van der Waals surface area contributed by atoms with E-state index in [4.69, 9.17) is 4.74 Å². The van der Waals surface area contributed by atoms with Crippen LogP contribution in [-0.2, 0) is 11.2 Å². The zero-order valence-electron chi connectivity index (χ0n) is 12.1. The standard InChI is InChI=1S/C16H24O3/c1-4-7-14(17)11-12(3)10-13-8-6-9-15(16(13)18)19-5-2/h6,8-9,12,18H,4-5,7,10-11H2,1-3H3. The van der Waals surface area contributed by atoms with Gasteiger partial charge in [-0.3, -0.25) is 4.79 Å². The Labute approximate surface area is 115 Å². The van der Waals surface area contributed by atoms with Gasteiger partial charge in [-0.25, -0.2) is 0 Å². The molecule has 1 atom stereocenters. The number of carbonyl (C=O) groups excluding carboxylic acids is 1. The van der Waals surface area contributed by atoms with E-state index >= 15 is 0 Å². The molecule has 0 radical (unpaired) electrons. The predicted octanol–water partition coefficient (Wildman–Crippen LogP) is 3.73. The summed E-state index contributed by atoms with van der Waals surface area (Å²) in [4.78, 5) is 11.6. The third-order valence-corrected chi connectivity index (χ3v) is 3.06. The fourth-order valence-corrected chi connectivity index (χ4v) is 2.22. The topological polar surface area (TPSA) is 46.5 Å². The molecule has 0 aliphatic rings. The second-order valence-corrected chi connectivity index (χ2v) is 5.00. The molecule has 1 rings (SSSR count). The maximum atomic E-state index is 11.6. The van der Waals surface area contributed by atoms with Gasteiger partial charge in [0.15, 0.2) is 11.5 Å². The maximum Gasteiger partial charge on any atom is 0.161 e. The quantitative estimate of drug-likeness (QED) is 0.778. The van der Waals surface area contributed by atoms with Crippen LogP contribution in [-0.4, -0.2) is 17.5 Å². The number of carbonyl (C=O) groups is 1. The summed E-state index contributed by atoms with van der Waals surface area (Å²) in [6, 6.07) is 5.52. The molecule has 1 aromatic carbocycles. The summed E-state index contributed by atoms with van der Waals surface area (Å²) in [5.41, 5.74) is 0.850. The molecule has 1 N–H and O–H groups in total. The van der Waals surface area contributed by atoms with Crippen molar-refractivity contribution in [3.8, 4) is 11.5 Å². The molecular weight excluding hydrogens is 240 g/mol. The maximum absolute atomic E-state index is 11.6. The number of hydrogen-bond acceptors (Lipinski definition) is 3. The first-order valence-corrected chi connectivity index (χ1v) is 7.03. The summed E-state index contributed by atoms with van der Waals surface area (Å²) in [6.07, 6.45) is 2.82. The first-order valence-electron chi connectivity index (χ1n) is 7.03. The molecule has 0 aliphatic carbocycles. The minimum Gasteiger partial charge on any atom is -0.504 e. The molecule has 1 aromatic rings. The van der Waals surface area contributed by atoms with E-state index in [1.807, 2.05) is 32.9 Å². The van der Waals surface area contributed by atoms with E-state index in [9.17, 15) is 9.90 Å². The zero-order chi connectivity index (χ0) is 14.3. The average Bonchev–Trinajstić information content (AvgIpc) is 2.34. The third-order valence-electron chi connectivity index (χ3n) is 3.06. The summed E-state index contributed by atoms with van der Waals surface area (Å²) in [5, 5.41) is 10.1. The van der Waals surface area contributed by atoms with E-state index in [0.29, 0.717) is 37.4 Å². The Hall–Kier alpha value is -1.51. The van der Waals surface area contributed by atoms with Crippen molar-refractivity contribution in [2.75, 3.05) is 6.61 Å². The Balaban J connectivity index is 2.66. The highest BCUT2D eigenvalue weighted by Gasteiger charge is 2.13. The number of Topliss-reactive ketones (excluding diaryl/α,β-unsaturated/α-hetero) is 1. The van der Waals surface area contributed by atoms with Crippen LogP contribution < -0.4 is 4.74 Å². The molecule has 0 amide bonds. The number of para-hydroxylation sites is 1. The van der Waals surface area contributed by atoms with Crippen molar-refractivity contribution in [3.05, 3.63) is 23.8 Å². The third kappa shape index (κ3) is 4.93. The Bertz CT molecular complexity index is 412. The highest BCUT2D eigenvalue weighted by Crippen LogP contribution is 2.31. The van der Waals surface area contributed by atoms with Gasteiger partial charge in [0.05, 0.1) is 6.61 Å². The van der Waals surface area contributed by atoms with Gasteiger partial charge in [0.1, 0.15) is 5.78 Å². The Kier molecular flexibility index (Phi) is 6.40. The molecule has 0 heterocycles. The predicted molar refractivity (Wildman–Crippen MR) is 76.7 cm³/mol. The molecule has 3 heteroatoms. The van der Waals surface area contributed by atoms with Gasteiger partial charge in [0.2, 0.25) is 0 Å². The number of phenolic OH excluding ortho intramolecular Hbond substituents is 1. The Morgan fingerprint density at radius 2 is 2.11 bits per heavy atom. The molecule has 0 saturated carbocycles. The van der Waals surface area contributed by atoms with Crippen molar-refractivity contribution >= 4 is 5.78 Å². The first kappa shape index (κ1) is 15.5. The summed E-state index contributed by atoms with van der Waals surface area (Å²) < 4.78 is 5.36. The van der Waals surface area contributed by atoms with Gasteiger partial charge in [-0.05, 0) is 37.3 Å². The van der Waals surface area contributed by atoms with Crippen LogP contribution >= 0.6 is 0 Å². The Morgan fingerprint density at radius 3 is 2.74 bits per heavy atom. The van der Waals surface area contributed by atoms with Crippen LogP contribution in [0.25, 0.3) is 0 Å². The number of ether oxygens (including phenoxy) is 1. The average molecular weight is 264 g/mol. The smallest absolute Gasteiger partial charge is 0.161 e. The number of aromatic hydroxyl groups is 1. The lowest BCUT2D eigenvalue weighted by Gasteiger charge is -2.14. The van der Waals surface area contributed by atoms with E-state index in [0.717, 1.165) is 12.0 Å². The normalized spacial score (nSPS) is 12.2. The summed E-state index contributed by atoms with van der Waals surface area (Å²) >= 11 is 0. The molecule has 19 heavy (non-hydrogen) atoms. The van der Waals surface area contributed by atoms with Gasteiger partial charge in [-0.2, -0.15) is 0 Å². The van der Waals surface area contributed by atoms with Crippen LogP contribution in [0, 0.1) is 5.92 Å². The molecule has 0 aliphatic heterocycles. The molecule has 0 aromatic heterocycles. The zero-order valence-corrected chi connectivity index (χ0v) is 12.1. The highest BCUT2D eigenvalue weighted by atomic mass is 16.5. The van der Waals surface area contributed by atoms with Crippen molar-refractivity contribution in [1.82, 2.24) is 0 Å². The van der Waals surface area contributed by atoms with Crippen LogP contribution in [0.4, 0.5) is 0 Å². The fraction of sp³-hybridized carbons (Fsp3) is 0.562. The molecule has 1 unspecified atom stereocenters. The van der Waals surface area contributed by atoms with E-state index < -0.39 is 0 Å². The summed E-state index contributed by atoms with van der Waals surface area (Å²) in [6.45, 7) is 6.47. The molecule has 0 fully saturated rings. The lowest BCUT2D eigenvalue weighted by Crippen LogP contribution is -2.08. The second-order valence-electron chi connectivity index (χ2n) is 5.00. The highest BCUT2D eigenvalue weighted by molar-refractivity contribution is 5.78. The number of phenols is 1. The number of hydrogen-bond donors (Lipinski definition) is 1. The van der Waals surface area contributed by atoms with Crippen LogP contribution in [0.2, 0.25) is 0 Å². The van der Waals surface area contributed by atoms with E-state index in [1.165, 1.54) is 0 Å². The largest absolute Gasteiger partial charge is 0.504 e. The molecule has 0 bridgehead atoms. The fourth-order valence-electron chi connectivity index (χ4n) is 2.22. The van der Waals surface area contributed by atoms with Crippen molar-refractivity contribution in [1.29, 1.82) is 0 Å². The van der Waals surface area contributed by atoms with Crippen LogP contribution in [0.5, 0.6) is 11.5 Å². The van der Waals surface area contributed by atoms with Crippen LogP contribution in [0.3, 0.4) is 0 Å². The summed E-state index contributed by atoms with van der Waals surface area (Å²) in [5.74, 6) is 1.27. The Morgan fingerprint density at radius 1 is 1.37 bits per heavy atom. The minimum atomic E-state index is 0.208. The van der Waals surface area contributed by atoms with E-state index in [1.54, 1.807) is 6.07 Å². The van der Waals surface area contributed by atoms with Gasteiger partial charge in [0, 0.05) is 12.8 Å². The molecular formula is C16H24O3. The molecule has 106 valence electrons. The van der Waals surface area contributed by atoms with E-state index in [2.05, 4.69) is 0 Å². The van der Waals surface area contributed by atoms with Crippen molar-refractivity contribution in [3.63, 3.8) is 0 Å². The number of benzene rings is 1. The first-order chi connectivity index (χ1) is 9.08. The van der Waals surface area contributed by atoms with Gasteiger partial charge >= 0.3 is 0 Å². The van der Waals surface area contributed by atoms with Crippen LogP contribution in [0.1, 0.15) is 45.6 Å².